The van der Waals surface area contributed by atoms with Gasteiger partial charge >= 0.3 is 0 Å². The summed E-state index contributed by atoms with van der Waals surface area (Å²) < 4.78 is 32.4. The Hall–Kier alpha value is -3.22. The van der Waals surface area contributed by atoms with Gasteiger partial charge in [0.05, 0.1) is 11.8 Å². The molecule has 2 aromatic carbocycles. The van der Waals surface area contributed by atoms with Gasteiger partial charge in [-0.25, -0.2) is 13.8 Å². The quantitative estimate of drug-likeness (QED) is 0.742. The third-order valence-electron chi connectivity index (χ3n) is 4.86. The standard InChI is InChI=1S/C21H18F2N2O3/c22-15-2-4-17(18(23)10-15)19-11-24-20(28-19)5-6-21(27)25-8-7-13-1-3-16(26)9-14(13)12-25/h1-4,9-11,26H,5-8,12H2. The number of carbonyl (C=O) groups excluding carboxylic acids is 1. The number of carbonyl (C=O) groups is 1. The fourth-order valence-electron chi connectivity index (χ4n) is 3.37. The Morgan fingerprint density at radius 2 is 2.04 bits per heavy atom. The topological polar surface area (TPSA) is 66.6 Å². The fraction of sp³-hybridized carbons (Fsp3) is 0.238. The number of fused-ring (bicyclic) bond motifs is 1. The highest BCUT2D eigenvalue weighted by molar-refractivity contribution is 5.76. The van der Waals surface area contributed by atoms with Crippen LogP contribution in [0.4, 0.5) is 8.78 Å². The van der Waals surface area contributed by atoms with Crippen molar-refractivity contribution in [3.05, 3.63) is 71.2 Å². The highest BCUT2D eigenvalue weighted by atomic mass is 19.1. The number of phenolic OH excluding ortho intramolecular Hbond substituents is 1. The SMILES string of the molecule is O=C(CCc1ncc(-c2ccc(F)cc2F)o1)N1CCc2ccc(O)cc2C1. The first kappa shape index (κ1) is 18.2. The van der Waals surface area contributed by atoms with E-state index in [4.69, 9.17) is 4.42 Å². The number of aromatic hydroxyl groups is 1. The third-order valence-corrected chi connectivity index (χ3v) is 4.86. The summed E-state index contributed by atoms with van der Waals surface area (Å²) in [5.74, 6) is -0.725. The van der Waals surface area contributed by atoms with Gasteiger partial charge in [0.1, 0.15) is 17.4 Å². The van der Waals surface area contributed by atoms with Gasteiger partial charge in [0.2, 0.25) is 5.91 Å². The molecule has 5 nitrogen and oxygen atoms in total. The zero-order valence-corrected chi connectivity index (χ0v) is 15.0. The number of hydrogen-bond acceptors (Lipinski definition) is 4. The lowest BCUT2D eigenvalue weighted by Crippen LogP contribution is -2.36. The summed E-state index contributed by atoms with van der Waals surface area (Å²) in [6.45, 7) is 1.08. The predicted octanol–water partition coefficient (Wildman–Crippen LogP) is 3.84. The van der Waals surface area contributed by atoms with Crippen molar-refractivity contribution in [1.82, 2.24) is 9.88 Å². The van der Waals surface area contributed by atoms with Gasteiger partial charge < -0.3 is 14.4 Å². The number of phenols is 1. The van der Waals surface area contributed by atoms with Crippen LogP contribution in [-0.4, -0.2) is 27.4 Å². The van der Waals surface area contributed by atoms with Crippen molar-refractivity contribution in [2.75, 3.05) is 6.54 Å². The Balaban J connectivity index is 1.39. The molecule has 0 aliphatic carbocycles. The Kier molecular flexibility index (Phi) is 4.81. The molecule has 0 atom stereocenters. The number of rotatable bonds is 4. The minimum atomic E-state index is -0.728. The lowest BCUT2D eigenvalue weighted by Gasteiger charge is -2.29. The molecule has 4 rings (SSSR count). The zero-order valence-electron chi connectivity index (χ0n) is 15.0. The van der Waals surface area contributed by atoms with Crippen molar-refractivity contribution in [2.45, 2.75) is 25.8 Å². The van der Waals surface area contributed by atoms with E-state index >= 15 is 0 Å². The highest BCUT2D eigenvalue weighted by Gasteiger charge is 2.21. The monoisotopic (exact) mass is 384 g/mol. The maximum absolute atomic E-state index is 13.8. The second-order valence-corrected chi connectivity index (χ2v) is 6.76. The van der Waals surface area contributed by atoms with Gasteiger partial charge in [0.15, 0.2) is 11.7 Å². The Labute approximate surface area is 160 Å². The molecule has 28 heavy (non-hydrogen) atoms. The van der Waals surface area contributed by atoms with E-state index in [0.29, 0.717) is 19.0 Å². The number of oxazole rings is 1. The van der Waals surface area contributed by atoms with Crippen LogP contribution in [0.25, 0.3) is 11.3 Å². The molecule has 0 unspecified atom stereocenters. The zero-order chi connectivity index (χ0) is 19.7. The lowest BCUT2D eigenvalue weighted by molar-refractivity contribution is -0.132. The van der Waals surface area contributed by atoms with Gasteiger partial charge in [0.25, 0.3) is 0 Å². The summed E-state index contributed by atoms with van der Waals surface area (Å²) in [7, 11) is 0. The van der Waals surface area contributed by atoms with Crippen LogP contribution in [0.3, 0.4) is 0 Å². The summed E-state index contributed by atoms with van der Waals surface area (Å²) in [5, 5.41) is 9.62. The molecule has 2 heterocycles. The molecule has 1 amide bonds. The second-order valence-electron chi connectivity index (χ2n) is 6.76. The molecular formula is C21H18F2N2O3. The van der Waals surface area contributed by atoms with Crippen LogP contribution in [0, 0.1) is 11.6 Å². The number of amides is 1. The average molecular weight is 384 g/mol. The van der Waals surface area contributed by atoms with Crippen molar-refractivity contribution in [2.24, 2.45) is 0 Å². The number of hydrogen-bond donors (Lipinski definition) is 1. The Morgan fingerprint density at radius 3 is 2.86 bits per heavy atom. The van der Waals surface area contributed by atoms with E-state index in [2.05, 4.69) is 4.98 Å². The average Bonchev–Trinajstić information content (AvgIpc) is 3.14. The number of aromatic nitrogens is 1. The molecule has 0 saturated heterocycles. The summed E-state index contributed by atoms with van der Waals surface area (Å²) in [4.78, 5) is 18.4. The fourth-order valence-corrected chi connectivity index (χ4v) is 3.37. The molecule has 0 spiro atoms. The molecule has 7 heteroatoms. The molecule has 1 N–H and O–H groups in total. The smallest absolute Gasteiger partial charge is 0.223 e. The second kappa shape index (κ2) is 7.42. The van der Waals surface area contributed by atoms with Gasteiger partial charge in [-0.05, 0) is 41.8 Å². The summed E-state index contributed by atoms with van der Waals surface area (Å²) in [6.07, 6.45) is 2.61. The van der Waals surface area contributed by atoms with Crippen LogP contribution in [0.2, 0.25) is 0 Å². The number of benzene rings is 2. The van der Waals surface area contributed by atoms with Gasteiger partial charge in [-0.2, -0.15) is 0 Å². The molecule has 0 radical (unpaired) electrons. The Morgan fingerprint density at radius 1 is 1.18 bits per heavy atom. The van der Waals surface area contributed by atoms with Crippen molar-refractivity contribution in [1.29, 1.82) is 0 Å². The van der Waals surface area contributed by atoms with E-state index in [9.17, 15) is 18.7 Å². The van der Waals surface area contributed by atoms with E-state index < -0.39 is 11.6 Å². The van der Waals surface area contributed by atoms with Gasteiger partial charge in [-0.15, -0.1) is 0 Å². The van der Waals surface area contributed by atoms with Crippen molar-refractivity contribution in [3.8, 4) is 17.1 Å². The maximum Gasteiger partial charge on any atom is 0.223 e. The normalized spacial score (nSPS) is 13.4. The number of nitrogens with zero attached hydrogens (tertiary/aromatic N) is 2. The van der Waals surface area contributed by atoms with E-state index in [-0.39, 0.29) is 35.8 Å². The number of aryl methyl sites for hydroxylation is 1. The summed E-state index contributed by atoms with van der Waals surface area (Å²) >= 11 is 0. The van der Waals surface area contributed by atoms with Gasteiger partial charge in [-0.1, -0.05) is 6.07 Å². The maximum atomic E-state index is 13.8. The predicted molar refractivity (Wildman–Crippen MR) is 97.4 cm³/mol. The third kappa shape index (κ3) is 3.74. The lowest BCUT2D eigenvalue weighted by atomic mass is 9.99. The molecule has 1 aliphatic rings. The van der Waals surface area contributed by atoms with E-state index in [1.165, 1.54) is 12.3 Å². The van der Waals surface area contributed by atoms with Crippen LogP contribution in [0.5, 0.6) is 5.75 Å². The van der Waals surface area contributed by atoms with Crippen LogP contribution in [0.15, 0.2) is 47.0 Å². The molecular weight excluding hydrogens is 366 g/mol. The number of halogens is 2. The summed E-state index contributed by atoms with van der Waals surface area (Å²) in [5.41, 5.74) is 2.21. The van der Waals surface area contributed by atoms with Crippen LogP contribution in [0.1, 0.15) is 23.4 Å². The van der Waals surface area contributed by atoms with Crippen molar-refractivity contribution >= 4 is 5.91 Å². The van der Waals surface area contributed by atoms with Crippen LogP contribution >= 0.6 is 0 Å². The molecule has 0 bridgehead atoms. The molecule has 0 fully saturated rings. The van der Waals surface area contributed by atoms with Crippen LogP contribution in [-0.2, 0) is 24.2 Å². The molecule has 1 aliphatic heterocycles. The Bertz CT molecular complexity index is 1030. The summed E-state index contributed by atoms with van der Waals surface area (Å²) in [6, 6.07) is 8.45. The van der Waals surface area contributed by atoms with Crippen molar-refractivity contribution in [3.63, 3.8) is 0 Å². The molecule has 144 valence electrons. The van der Waals surface area contributed by atoms with Crippen LogP contribution < -0.4 is 0 Å². The molecule has 3 aromatic rings. The largest absolute Gasteiger partial charge is 0.508 e. The minimum Gasteiger partial charge on any atom is -0.508 e. The highest BCUT2D eigenvalue weighted by Crippen LogP contribution is 2.26. The van der Waals surface area contributed by atoms with E-state index in [0.717, 1.165) is 29.7 Å². The van der Waals surface area contributed by atoms with Gasteiger partial charge in [0, 0.05) is 32.0 Å². The first-order valence-electron chi connectivity index (χ1n) is 8.98. The van der Waals surface area contributed by atoms with E-state index in [1.54, 1.807) is 17.0 Å². The van der Waals surface area contributed by atoms with Gasteiger partial charge in [-0.3, -0.25) is 4.79 Å². The van der Waals surface area contributed by atoms with E-state index in [1.807, 2.05) is 6.07 Å². The first-order valence-corrected chi connectivity index (χ1v) is 8.98. The molecule has 0 saturated carbocycles. The van der Waals surface area contributed by atoms with Crippen molar-refractivity contribution < 1.29 is 23.1 Å². The first-order chi connectivity index (χ1) is 13.5. The minimum absolute atomic E-state index is 0.0401. The molecule has 1 aromatic heterocycles.